The summed E-state index contributed by atoms with van der Waals surface area (Å²) in [5, 5.41) is 7.76. The summed E-state index contributed by atoms with van der Waals surface area (Å²) in [5.41, 5.74) is 27.3. The summed E-state index contributed by atoms with van der Waals surface area (Å²) in [6.45, 7) is 0. The SMILES string of the molecule is c1ccc(C2(c3ccccc3)c3ccc(-c4cccc5c4sc4ccccc45)cc3-c3c2c2c(c4c3C(c3ccccc3)(c3ccccc3)c3ccc(-c5cccc6c5sc5ccccc56)cc3-4)C(c3ccccc3)(c3ccccc3)c3ccc(-c4cccc5c4sc4ccccc45)cc3-2)cc1. The van der Waals surface area contributed by atoms with Crippen LogP contribution >= 0.6 is 34.0 Å². The number of rotatable bonds is 9. The Hall–Kier alpha value is -11.8. The minimum Gasteiger partial charge on any atom is -0.135 e. The van der Waals surface area contributed by atoms with E-state index in [2.05, 4.69) is 364 Å². The van der Waals surface area contributed by atoms with Crippen LogP contribution < -0.4 is 0 Å². The smallest absolute Gasteiger partial charge is 0.0719 e. The quantitative estimate of drug-likeness (QED) is 0.135. The lowest BCUT2D eigenvalue weighted by Gasteiger charge is -2.40. The Morgan fingerprint density at radius 1 is 0.176 bits per heavy atom. The summed E-state index contributed by atoms with van der Waals surface area (Å²) in [6.07, 6.45) is 0. The molecule has 0 atom stereocenters. The second kappa shape index (κ2) is 22.1. The number of fused-ring (bicyclic) bond motifs is 21. The van der Waals surface area contributed by atoms with Crippen LogP contribution in [0, 0.1) is 0 Å². The van der Waals surface area contributed by atoms with Gasteiger partial charge >= 0.3 is 0 Å². The molecule has 0 N–H and O–H groups in total. The molecule has 0 amide bonds. The maximum atomic E-state index is 2.64. The Labute approximate surface area is 603 Å². The molecule has 0 radical (unpaired) electrons. The highest BCUT2D eigenvalue weighted by atomic mass is 32.1. The summed E-state index contributed by atoms with van der Waals surface area (Å²) < 4.78 is 7.79. The van der Waals surface area contributed by atoms with Crippen LogP contribution in [0.1, 0.15) is 66.8 Å². The predicted octanol–water partition coefficient (Wildman–Crippen LogP) is 26.9. The molecule has 0 saturated heterocycles. The van der Waals surface area contributed by atoms with E-state index in [0.717, 1.165) is 0 Å². The highest BCUT2D eigenvalue weighted by molar-refractivity contribution is 7.27. The molecule has 22 rings (SSSR count). The normalized spacial score (nSPS) is 14.1. The molecule has 3 aliphatic carbocycles. The second-order valence-electron chi connectivity index (χ2n) is 27.8. The molecule has 3 aromatic heterocycles. The zero-order valence-electron chi connectivity index (χ0n) is 55.4. The van der Waals surface area contributed by atoms with E-state index in [1.165, 1.54) is 194 Å². The lowest BCUT2D eigenvalue weighted by atomic mass is 9.61. The van der Waals surface area contributed by atoms with Crippen molar-refractivity contribution >= 4 is 94.5 Å². The van der Waals surface area contributed by atoms with Crippen LogP contribution in [0.4, 0.5) is 0 Å². The zero-order chi connectivity index (χ0) is 66.8. The molecule has 0 fully saturated rings. The average molecular weight is 1350 g/mol. The summed E-state index contributed by atoms with van der Waals surface area (Å²) in [4.78, 5) is 0. The van der Waals surface area contributed by atoms with Gasteiger partial charge in [-0.05, 0) is 170 Å². The van der Waals surface area contributed by atoms with E-state index in [4.69, 9.17) is 0 Å². The molecule has 0 bridgehead atoms. The number of hydrogen-bond donors (Lipinski definition) is 0. The van der Waals surface area contributed by atoms with Gasteiger partial charge in [-0.25, -0.2) is 0 Å². The van der Waals surface area contributed by atoms with Crippen LogP contribution in [0.5, 0.6) is 0 Å². The van der Waals surface area contributed by atoms with Crippen LogP contribution in [0.15, 0.2) is 364 Å². The fourth-order valence-electron chi connectivity index (χ4n) is 19.2. The Kier molecular flexibility index (Phi) is 12.6. The summed E-state index contributed by atoms with van der Waals surface area (Å²) in [5.74, 6) is 0. The van der Waals surface area contributed by atoms with Gasteiger partial charge in [-0.1, -0.05) is 328 Å². The maximum Gasteiger partial charge on any atom is 0.0719 e. The van der Waals surface area contributed by atoms with Crippen LogP contribution in [0.2, 0.25) is 0 Å². The number of thiophene rings is 3. The minimum atomic E-state index is -0.896. The molecular formula is C99H60S3. The van der Waals surface area contributed by atoms with Crippen LogP contribution in [-0.2, 0) is 16.2 Å². The lowest BCUT2D eigenvalue weighted by Crippen LogP contribution is -2.33. The van der Waals surface area contributed by atoms with Gasteiger partial charge < -0.3 is 0 Å². The molecule has 102 heavy (non-hydrogen) atoms. The molecule has 0 unspecified atom stereocenters. The molecule has 3 heterocycles. The van der Waals surface area contributed by atoms with E-state index < -0.39 is 16.2 Å². The van der Waals surface area contributed by atoms with Crippen LogP contribution in [0.25, 0.3) is 127 Å². The Balaban J connectivity index is 1.00. The molecule has 19 aromatic rings. The van der Waals surface area contributed by atoms with Crippen molar-refractivity contribution in [2.75, 3.05) is 0 Å². The third kappa shape index (κ3) is 7.74. The molecule has 0 spiro atoms. The molecule has 3 aliphatic rings. The van der Waals surface area contributed by atoms with Gasteiger partial charge in [-0.2, -0.15) is 0 Å². The zero-order valence-corrected chi connectivity index (χ0v) is 57.8. The number of benzene rings is 16. The third-order valence-corrected chi connectivity index (χ3v) is 26.7. The molecule has 0 saturated carbocycles. The van der Waals surface area contributed by atoms with E-state index >= 15 is 0 Å². The summed E-state index contributed by atoms with van der Waals surface area (Å²) >= 11 is 5.73. The van der Waals surface area contributed by atoms with E-state index in [1.807, 2.05) is 34.0 Å². The van der Waals surface area contributed by atoms with E-state index in [9.17, 15) is 0 Å². The monoisotopic (exact) mass is 1340 g/mol. The van der Waals surface area contributed by atoms with Gasteiger partial charge in [0, 0.05) is 60.5 Å². The Morgan fingerprint density at radius 2 is 0.402 bits per heavy atom. The second-order valence-corrected chi connectivity index (χ2v) is 31.0. The first-order valence-electron chi connectivity index (χ1n) is 35.4. The standard InChI is InChI=1S/C99H60S3/c1-7-28-64(29-8-1)97(65-30-9-2-10-31-65)82-55-52-61(70-43-25-46-76-73-40-19-22-49-85(73)100-94(70)76)58-79(82)88-91(97)89-80-59-62(71-44-26-47-77-74-41-20-23-50-86(74)101-95(71)77)53-56-83(80)98(66-32-11-3-12-33-66,67-34-13-4-14-35-67)93(89)90-81-60-63(72-45-27-48-78-75-42-21-24-51-87(75)102-96(72)78)54-57-84(81)99(92(88)90,68-36-15-5-16-37-68)69-38-17-6-18-39-69/h1-60H. The molecule has 3 heteroatoms. The van der Waals surface area contributed by atoms with Gasteiger partial charge in [0.15, 0.2) is 0 Å². The largest absolute Gasteiger partial charge is 0.135 e. The van der Waals surface area contributed by atoms with Crippen LogP contribution in [0.3, 0.4) is 0 Å². The van der Waals surface area contributed by atoms with E-state index in [-0.39, 0.29) is 0 Å². The number of hydrogen-bond acceptors (Lipinski definition) is 3. The predicted molar refractivity (Wildman–Crippen MR) is 433 cm³/mol. The minimum absolute atomic E-state index is 0.896. The van der Waals surface area contributed by atoms with Gasteiger partial charge in [0.25, 0.3) is 0 Å². The van der Waals surface area contributed by atoms with Crippen molar-refractivity contribution in [2.45, 2.75) is 16.2 Å². The maximum absolute atomic E-state index is 2.64. The third-order valence-electron chi connectivity index (χ3n) is 23.1. The first-order valence-corrected chi connectivity index (χ1v) is 37.8. The van der Waals surface area contributed by atoms with Crippen molar-refractivity contribution in [3.8, 4) is 66.8 Å². The highest BCUT2D eigenvalue weighted by Crippen LogP contribution is 2.74. The highest BCUT2D eigenvalue weighted by Gasteiger charge is 2.61. The van der Waals surface area contributed by atoms with E-state index in [0.29, 0.717) is 0 Å². The molecule has 16 aromatic carbocycles. The van der Waals surface area contributed by atoms with Gasteiger partial charge in [-0.3, -0.25) is 0 Å². The van der Waals surface area contributed by atoms with Crippen molar-refractivity contribution < 1.29 is 0 Å². The molecule has 0 aliphatic heterocycles. The van der Waals surface area contributed by atoms with Gasteiger partial charge in [0.05, 0.1) is 16.2 Å². The van der Waals surface area contributed by atoms with Gasteiger partial charge in [-0.15, -0.1) is 34.0 Å². The van der Waals surface area contributed by atoms with Crippen molar-refractivity contribution in [2.24, 2.45) is 0 Å². The Morgan fingerprint density at radius 3 is 0.657 bits per heavy atom. The fraction of sp³-hybridized carbons (Fsp3) is 0.0303. The average Bonchev–Trinajstić information content (AvgIpc) is 1.46. The van der Waals surface area contributed by atoms with E-state index in [1.54, 1.807) is 0 Å². The summed E-state index contributed by atoms with van der Waals surface area (Å²) in [6, 6.07) is 141. The summed E-state index contributed by atoms with van der Waals surface area (Å²) in [7, 11) is 0. The van der Waals surface area contributed by atoms with Crippen molar-refractivity contribution in [3.05, 3.63) is 431 Å². The van der Waals surface area contributed by atoms with Crippen molar-refractivity contribution in [1.29, 1.82) is 0 Å². The molecule has 0 nitrogen and oxygen atoms in total. The topological polar surface area (TPSA) is 0 Å². The van der Waals surface area contributed by atoms with Gasteiger partial charge in [0.2, 0.25) is 0 Å². The fourth-order valence-corrected chi connectivity index (χ4v) is 22.9. The first-order chi connectivity index (χ1) is 50.6. The van der Waals surface area contributed by atoms with Crippen LogP contribution in [-0.4, -0.2) is 0 Å². The van der Waals surface area contributed by atoms with Crippen molar-refractivity contribution in [1.82, 2.24) is 0 Å². The molecule has 474 valence electrons. The van der Waals surface area contributed by atoms with Gasteiger partial charge in [0.1, 0.15) is 0 Å². The Bertz CT molecular complexity index is 5870. The lowest BCUT2D eigenvalue weighted by molar-refractivity contribution is 0.740. The molecular weight excluding hydrogens is 1290 g/mol. The van der Waals surface area contributed by atoms with Crippen molar-refractivity contribution in [3.63, 3.8) is 0 Å². The first kappa shape index (κ1) is 58.0.